The van der Waals surface area contributed by atoms with E-state index in [0.717, 1.165) is 11.1 Å². The summed E-state index contributed by atoms with van der Waals surface area (Å²) in [5, 5.41) is 3.57. The number of hydrogen-bond acceptors (Lipinski definition) is 7. The molecule has 0 radical (unpaired) electrons. The first-order valence-corrected chi connectivity index (χ1v) is 12.4. The zero-order valence-corrected chi connectivity index (χ0v) is 21.6. The smallest absolute Gasteiger partial charge is 0.410 e. The number of rotatable bonds is 3. The van der Waals surface area contributed by atoms with Gasteiger partial charge in [-0.05, 0) is 65.0 Å². The third-order valence-electron chi connectivity index (χ3n) is 6.35. The highest BCUT2D eigenvalue weighted by atomic mass is 19.1. The molecule has 37 heavy (non-hydrogen) atoms. The zero-order chi connectivity index (χ0) is 26.5. The molecule has 1 saturated heterocycles. The second kappa shape index (κ2) is 9.33. The van der Waals surface area contributed by atoms with Gasteiger partial charge in [0.1, 0.15) is 40.8 Å². The lowest BCUT2D eigenvalue weighted by Crippen LogP contribution is -2.50. The molecule has 9 nitrogen and oxygen atoms in total. The predicted octanol–water partition coefficient (Wildman–Crippen LogP) is 4.46. The minimum atomic E-state index is -0.622. The Morgan fingerprint density at radius 1 is 1.19 bits per heavy atom. The summed E-state index contributed by atoms with van der Waals surface area (Å²) < 4.78 is 31.5. The van der Waals surface area contributed by atoms with Crippen LogP contribution in [0.4, 0.5) is 14.9 Å². The topological polar surface area (TPSA) is 96.6 Å². The van der Waals surface area contributed by atoms with Crippen molar-refractivity contribution in [2.45, 2.75) is 52.6 Å². The van der Waals surface area contributed by atoms with Crippen LogP contribution in [0.15, 0.2) is 51.3 Å². The number of carbonyl (C=O) groups excluding carboxylic acids is 2. The Bertz CT molecular complexity index is 1340. The number of allylic oxidation sites excluding steroid dienone is 1. The van der Waals surface area contributed by atoms with E-state index in [1.54, 1.807) is 24.0 Å². The van der Waals surface area contributed by atoms with Crippen molar-refractivity contribution in [1.29, 1.82) is 0 Å². The summed E-state index contributed by atoms with van der Waals surface area (Å²) >= 11 is 0. The van der Waals surface area contributed by atoms with Gasteiger partial charge in [0.25, 0.3) is 5.91 Å². The Kier molecular flexibility index (Phi) is 6.31. The molecule has 1 N–H and O–H groups in total. The monoisotopic (exact) mass is 510 g/mol. The first-order valence-electron chi connectivity index (χ1n) is 12.4. The van der Waals surface area contributed by atoms with Crippen LogP contribution in [0.3, 0.4) is 0 Å². The number of piperazine rings is 1. The number of halogens is 1. The number of hydrogen-bond donors (Lipinski definition) is 1. The maximum absolute atomic E-state index is 14.5. The molecule has 5 rings (SSSR count). The summed E-state index contributed by atoms with van der Waals surface area (Å²) in [6.07, 6.45) is 1.52. The number of nitrogens with one attached hydrogen (secondary N) is 1. The lowest BCUT2D eigenvalue weighted by molar-refractivity contribution is 0.0240. The number of aliphatic imine (C=N–C) groups is 1. The zero-order valence-electron chi connectivity index (χ0n) is 21.6. The fourth-order valence-electron chi connectivity index (χ4n) is 4.73. The van der Waals surface area contributed by atoms with E-state index in [1.807, 2.05) is 39.8 Å². The molecular formula is C27H31FN4O5. The molecule has 2 aromatic rings. The summed E-state index contributed by atoms with van der Waals surface area (Å²) in [6, 6.07) is 5.49. The fourth-order valence-corrected chi connectivity index (χ4v) is 4.73. The van der Waals surface area contributed by atoms with Gasteiger partial charge in [-0.3, -0.25) is 9.79 Å². The van der Waals surface area contributed by atoms with Gasteiger partial charge >= 0.3 is 6.09 Å². The van der Waals surface area contributed by atoms with Crippen molar-refractivity contribution in [1.82, 2.24) is 10.2 Å². The van der Waals surface area contributed by atoms with E-state index >= 15 is 0 Å². The molecule has 0 saturated carbocycles. The number of amides is 2. The van der Waals surface area contributed by atoms with Crippen molar-refractivity contribution in [2.24, 2.45) is 4.99 Å². The van der Waals surface area contributed by atoms with E-state index in [2.05, 4.69) is 15.2 Å². The Labute approximate surface area is 214 Å². The summed E-state index contributed by atoms with van der Waals surface area (Å²) in [5.41, 5.74) is 1.72. The third-order valence-corrected chi connectivity index (χ3v) is 6.35. The molecule has 0 spiro atoms. The average molecular weight is 511 g/mol. The largest absolute Gasteiger partial charge is 0.460 e. The molecule has 2 aliphatic heterocycles. The molecule has 3 heterocycles. The van der Waals surface area contributed by atoms with Gasteiger partial charge in [-0.15, -0.1) is 0 Å². The molecular weight excluding hydrogens is 479 g/mol. The molecule has 1 aliphatic carbocycles. The first-order chi connectivity index (χ1) is 17.5. The molecule has 196 valence electrons. The number of nitrogens with zero attached hydrogens (tertiary/aromatic N) is 3. The molecule has 10 heteroatoms. The van der Waals surface area contributed by atoms with Crippen LogP contribution >= 0.6 is 0 Å². The molecule has 1 fully saturated rings. The molecule has 1 aromatic carbocycles. The Morgan fingerprint density at radius 2 is 1.92 bits per heavy atom. The standard InChI is InChI=1S/C27H31FN4O5/c1-15-12-19-21(31-8-10-32(11-9-31)26(34)37-27(3,4)5)7-6-18(24(19)35-15)25(33)30-17-13-20(28)23-22(14-17)36-16(2)29-23/h6-7,12-14,16,22H,8-11H2,1-5H3,(H,30,33). The van der Waals surface area contributed by atoms with E-state index in [1.165, 1.54) is 6.08 Å². The van der Waals surface area contributed by atoms with Crippen LogP contribution in [-0.2, 0) is 9.47 Å². The van der Waals surface area contributed by atoms with Crippen molar-refractivity contribution < 1.29 is 27.9 Å². The summed E-state index contributed by atoms with van der Waals surface area (Å²) in [5.74, 6) is -0.268. The molecule has 3 aliphatic rings. The fraction of sp³-hybridized carbons (Fsp3) is 0.444. The maximum atomic E-state index is 14.5. The van der Waals surface area contributed by atoms with Gasteiger partial charge in [-0.25, -0.2) is 9.18 Å². The van der Waals surface area contributed by atoms with Crippen molar-refractivity contribution in [3.63, 3.8) is 0 Å². The van der Waals surface area contributed by atoms with Gasteiger partial charge in [0.2, 0.25) is 0 Å². The Balaban J connectivity index is 1.33. The highest BCUT2D eigenvalue weighted by Crippen LogP contribution is 2.33. The normalized spacial score (nSPS) is 21.8. The third kappa shape index (κ3) is 5.11. The van der Waals surface area contributed by atoms with Crippen LogP contribution in [0.5, 0.6) is 0 Å². The van der Waals surface area contributed by atoms with Gasteiger partial charge in [0.05, 0.1) is 5.56 Å². The molecule has 2 atom stereocenters. The van der Waals surface area contributed by atoms with Gasteiger partial charge < -0.3 is 29.0 Å². The van der Waals surface area contributed by atoms with Gasteiger partial charge in [0, 0.05) is 42.9 Å². The van der Waals surface area contributed by atoms with E-state index in [-0.39, 0.29) is 11.8 Å². The Morgan fingerprint density at radius 3 is 2.62 bits per heavy atom. The molecule has 0 bridgehead atoms. The van der Waals surface area contributed by atoms with Crippen LogP contribution in [-0.4, -0.2) is 66.7 Å². The van der Waals surface area contributed by atoms with Crippen LogP contribution in [0.2, 0.25) is 0 Å². The van der Waals surface area contributed by atoms with Crippen molar-refractivity contribution >= 4 is 34.4 Å². The maximum Gasteiger partial charge on any atom is 0.410 e. The first kappa shape index (κ1) is 25.0. The van der Waals surface area contributed by atoms with E-state index < -0.39 is 29.7 Å². The lowest BCUT2D eigenvalue weighted by atomic mass is 10.0. The number of aryl methyl sites for hydroxylation is 1. The van der Waals surface area contributed by atoms with Crippen LogP contribution < -0.4 is 10.2 Å². The van der Waals surface area contributed by atoms with Crippen molar-refractivity contribution in [2.75, 3.05) is 31.1 Å². The Hall–Kier alpha value is -3.66. The second-order valence-corrected chi connectivity index (χ2v) is 10.4. The number of benzene rings is 1. The van der Waals surface area contributed by atoms with Crippen molar-refractivity contribution in [3.05, 3.63) is 53.2 Å². The minimum absolute atomic E-state index is 0.241. The number of ether oxygens (including phenoxy) is 2. The summed E-state index contributed by atoms with van der Waals surface area (Å²) in [4.78, 5) is 33.7. The van der Waals surface area contributed by atoms with Gasteiger partial charge in [-0.1, -0.05) is 0 Å². The number of fused-ring (bicyclic) bond motifs is 2. The second-order valence-electron chi connectivity index (χ2n) is 10.4. The molecule has 2 unspecified atom stereocenters. The highest BCUT2D eigenvalue weighted by molar-refractivity contribution is 6.10. The highest BCUT2D eigenvalue weighted by Gasteiger charge is 2.32. The van der Waals surface area contributed by atoms with Crippen LogP contribution in [0, 0.1) is 6.92 Å². The van der Waals surface area contributed by atoms with Gasteiger partial charge in [-0.2, -0.15) is 0 Å². The number of anilines is 1. The van der Waals surface area contributed by atoms with Crippen molar-refractivity contribution in [3.8, 4) is 0 Å². The summed E-state index contributed by atoms with van der Waals surface area (Å²) in [6.45, 7) is 11.4. The predicted molar refractivity (Wildman–Crippen MR) is 137 cm³/mol. The summed E-state index contributed by atoms with van der Waals surface area (Å²) in [7, 11) is 0. The number of carbonyl (C=O) groups is 2. The van der Waals surface area contributed by atoms with E-state index in [0.29, 0.717) is 48.8 Å². The van der Waals surface area contributed by atoms with E-state index in [4.69, 9.17) is 13.9 Å². The average Bonchev–Trinajstić information content (AvgIpc) is 3.39. The van der Waals surface area contributed by atoms with Crippen LogP contribution in [0.1, 0.15) is 43.8 Å². The van der Waals surface area contributed by atoms with Crippen LogP contribution in [0.25, 0.3) is 11.0 Å². The van der Waals surface area contributed by atoms with E-state index in [9.17, 15) is 14.0 Å². The number of furan rings is 1. The molecule has 2 amide bonds. The lowest BCUT2D eigenvalue weighted by Gasteiger charge is -2.37. The quantitative estimate of drug-likeness (QED) is 0.655. The SMILES string of the molecule is Cc1cc2c(N3CCN(C(=O)OC(C)(C)C)CC3)ccc(C(=O)NC3=CC4OC(C)N=C4C(F)=C3)c2o1. The minimum Gasteiger partial charge on any atom is -0.460 e. The van der Waals surface area contributed by atoms with Gasteiger partial charge in [0.15, 0.2) is 0 Å². The molecule has 1 aromatic heterocycles.